The van der Waals surface area contributed by atoms with Crippen molar-refractivity contribution < 1.29 is 9.53 Å². The van der Waals surface area contributed by atoms with Crippen LogP contribution in [-0.2, 0) is 4.74 Å². The van der Waals surface area contributed by atoms with Crippen LogP contribution in [0.1, 0.15) is 48.8 Å². The van der Waals surface area contributed by atoms with Crippen molar-refractivity contribution in [1.29, 1.82) is 0 Å². The summed E-state index contributed by atoms with van der Waals surface area (Å²) in [7, 11) is 0. The molecule has 1 saturated heterocycles. The fraction of sp³-hybridized carbons (Fsp3) is 0.667. The Kier molecular flexibility index (Phi) is 4.05. The van der Waals surface area contributed by atoms with Crippen molar-refractivity contribution in [1.82, 2.24) is 15.3 Å². The average molecular weight is 290 g/mol. The number of carbonyl (C=O) groups excluding carboxylic acids is 1. The molecule has 3 rings (SSSR count). The monoisotopic (exact) mass is 290 g/mol. The highest BCUT2D eigenvalue weighted by molar-refractivity contribution is 5.93. The van der Waals surface area contributed by atoms with E-state index in [4.69, 9.17) is 4.74 Å². The van der Waals surface area contributed by atoms with Gasteiger partial charge in [-0.1, -0.05) is 13.8 Å². The number of nitrogens with zero attached hydrogens (tertiary/aromatic N) is 3. The highest BCUT2D eigenvalue weighted by Gasteiger charge is 2.25. The molecule has 2 heterocycles. The van der Waals surface area contributed by atoms with Crippen LogP contribution in [0.3, 0.4) is 0 Å². The Morgan fingerprint density at radius 2 is 2.05 bits per heavy atom. The number of morpholine rings is 1. The van der Waals surface area contributed by atoms with Crippen molar-refractivity contribution >= 4 is 11.9 Å². The summed E-state index contributed by atoms with van der Waals surface area (Å²) in [5.74, 6) is 0.821. The highest BCUT2D eigenvalue weighted by atomic mass is 16.5. The van der Waals surface area contributed by atoms with E-state index in [9.17, 15) is 4.79 Å². The maximum atomic E-state index is 12.3. The number of hydrogen-bond acceptors (Lipinski definition) is 5. The summed E-state index contributed by atoms with van der Waals surface area (Å²) in [4.78, 5) is 23.4. The van der Waals surface area contributed by atoms with Crippen LogP contribution in [0, 0.1) is 0 Å². The van der Waals surface area contributed by atoms with E-state index in [-0.39, 0.29) is 11.8 Å². The Morgan fingerprint density at radius 1 is 1.33 bits per heavy atom. The molecule has 0 bridgehead atoms. The normalized spacial score (nSPS) is 18.9. The minimum atomic E-state index is -0.0868. The lowest BCUT2D eigenvalue weighted by molar-refractivity contribution is 0.0945. The van der Waals surface area contributed by atoms with Gasteiger partial charge in [-0.2, -0.15) is 0 Å². The summed E-state index contributed by atoms with van der Waals surface area (Å²) in [5.41, 5.74) is 1.38. The number of hydrogen-bond donors (Lipinski definition) is 1. The Hall–Kier alpha value is -1.69. The van der Waals surface area contributed by atoms with Gasteiger partial charge in [0.25, 0.3) is 5.91 Å². The van der Waals surface area contributed by atoms with Crippen LogP contribution in [0.15, 0.2) is 6.07 Å². The van der Waals surface area contributed by atoms with Gasteiger partial charge >= 0.3 is 0 Å². The predicted molar refractivity (Wildman–Crippen MR) is 79.6 cm³/mol. The van der Waals surface area contributed by atoms with Crippen molar-refractivity contribution in [2.24, 2.45) is 0 Å². The van der Waals surface area contributed by atoms with E-state index in [1.807, 2.05) is 6.07 Å². The zero-order valence-electron chi connectivity index (χ0n) is 12.6. The number of aromatic nitrogens is 2. The van der Waals surface area contributed by atoms with Gasteiger partial charge in [0.2, 0.25) is 5.95 Å². The number of nitrogens with one attached hydrogen (secondary N) is 1. The third-order valence-corrected chi connectivity index (χ3v) is 3.76. The smallest absolute Gasteiger partial charge is 0.270 e. The molecule has 0 radical (unpaired) electrons. The van der Waals surface area contributed by atoms with E-state index in [1.54, 1.807) is 0 Å². The first-order chi connectivity index (χ1) is 10.1. The van der Waals surface area contributed by atoms with Crippen molar-refractivity contribution in [2.75, 3.05) is 31.2 Å². The van der Waals surface area contributed by atoms with Crippen LogP contribution < -0.4 is 10.2 Å². The minimum absolute atomic E-state index is 0.0868. The molecule has 21 heavy (non-hydrogen) atoms. The van der Waals surface area contributed by atoms with Gasteiger partial charge in [-0.05, 0) is 24.8 Å². The Balaban J connectivity index is 1.87. The van der Waals surface area contributed by atoms with E-state index in [2.05, 4.69) is 34.0 Å². The second-order valence-corrected chi connectivity index (χ2v) is 5.98. The molecule has 0 atom stereocenters. The van der Waals surface area contributed by atoms with Gasteiger partial charge in [0.15, 0.2) is 0 Å². The molecule has 1 aliphatic carbocycles. The summed E-state index contributed by atoms with van der Waals surface area (Å²) in [6, 6.07) is 2.15. The number of carbonyl (C=O) groups is 1. The molecule has 1 aliphatic heterocycles. The molecule has 114 valence electrons. The van der Waals surface area contributed by atoms with Gasteiger partial charge in [-0.25, -0.2) is 9.97 Å². The Morgan fingerprint density at radius 3 is 2.67 bits per heavy atom. The minimum Gasteiger partial charge on any atom is -0.378 e. The molecule has 0 unspecified atom stereocenters. The number of ether oxygens (including phenoxy) is 1. The van der Waals surface area contributed by atoms with Crippen LogP contribution in [0.25, 0.3) is 0 Å². The molecule has 1 aromatic rings. The first-order valence-electron chi connectivity index (χ1n) is 7.66. The number of amides is 1. The highest BCUT2D eigenvalue weighted by Crippen LogP contribution is 2.21. The van der Waals surface area contributed by atoms with Crippen LogP contribution in [0.4, 0.5) is 5.95 Å². The first-order valence-corrected chi connectivity index (χ1v) is 7.66. The van der Waals surface area contributed by atoms with E-state index >= 15 is 0 Å². The van der Waals surface area contributed by atoms with Crippen molar-refractivity contribution in [2.45, 2.75) is 38.6 Å². The quantitative estimate of drug-likeness (QED) is 0.906. The van der Waals surface area contributed by atoms with Crippen molar-refractivity contribution in [3.8, 4) is 0 Å². The zero-order chi connectivity index (χ0) is 14.8. The summed E-state index contributed by atoms with van der Waals surface area (Å²) in [6.45, 7) is 7.05. The lowest BCUT2D eigenvalue weighted by atomic mass is 10.1. The lowest BCUT2D eigenvalue weighted by Crippen LogP contribution is -2.38. The zero-order valence-corrected chi connectivity index (χ0v) is 12.6. The fourth-order valence-corrected chi connectivity index (χ4v) is 2.26. The molecule has 1 aromatic heterocycles. The second-order valence-electron chi connectivity index (χ2n) is 5.98. The van der Waals surface area contributed by atoms with E-state index in [1.165, 1.54) is 0 Å². The molecule has 0 spiro atoms. The Labute approximate surface area is 124 Å². The number of anilines is 1. The molecular formula is C15H22N4O2. The standard InChI is InChI=1S/C15H22N4O2/c1-10(2)12-9-13(14(20)16-11-3-4-11)18-15(17-12)19-5-7-21-8-6-19/h9-11H,3-8H2,1-2H3,(H,16,20). The summed E-state index contributed by atoms with van der Waals surface area (Å²) >= 11 is 0. The number of rotatable bonds is 4. The fourth-order valence-electron chi connectivity index (χ4n) is 2.26. The largest absolute Gasteiger partial charge is 0.378 e. The lowest BCUT2D eigenvalue weighted by Gasteiger charge is -2.27. The third kappa shape index (κ3) is 3.50. The molecule has 2 fully saturated rings. The average Bonchev–Trinajstić information content (AvgIpc) is 3.31. The Bertz CT molecular complexity index is 522. The van der Waals surface area contributed by atoms with Gasteiger partial charge < -0.3 is 15.0 Å². The van der Waals surface area contributed by atoms with Crippen LogP contribution >= 0.6 is 0 Å². The van der Waals surface area contributed by atoms with Crippen LogP contribution in [0.2, 0.25) is 0 Å². The van der Waals surface area contributed by atoms with Gasteiger partial charge in [-0.15, -0.1) is 0 Å². The first kappa shape index (κ1) is 14.3. The molecule has 6 nitrogen and oxygen atoms in total. The van der Waals surface area contributed by atoms with E-state index < -0.39 is 0 Å². The SMILES string of the molecule is CC(C)c1cc(C(=O)NC2CC2)nc(N2CCOCC2)n1. The third-order valence-electron chi connectivity index (χ3n) is 3.76. The molecule has 2 aliphatic rings. The van der Waals surface area contributed by atoms with Gasteiger partial charge in [0, 0.05) is 24.8 Å². The summed E-state index contributed by atoms with van der Waals surface area (Å²) in [5, 5.41) is 2.99. The molecule has 1 amide bonds. The van der Waals surface area contributed by atoms with E-state index in [0.717, 1.165) is 31.6 Å². The molecular weight excluding hydrogens is 268 g/mol. The topological polar surface area (TPSA) is 67.4 Å². The molecule has 0 aromatic carbocycles. The molecule has 1 saturated carbocycles. The van der Waals surface area contributed by atoms with Gasteiger partial charge in [0.1, 0.15) is 5.69 Å². The maximum Gasteiger partial charge on any atom is 0.270 e. The van der Waals surface area contributed by atoms with Gasteiger partial charge in [-0.3, -0.25) is 4.79 Å². The van der Waals surface area contributed by atoms with Gasteiger partial charge in [0.05, 0.1) is 13.2 Å². The second kappa shape index (κ2) is 5.97. The molecule has 1 N–H and O–H groups in total. The van der Waals surface area contributed by atoms with Crippen LogP contribution in [-0.4, -0.2) is 48.2 Å². The van der Waals surface area contributed by atoms with E-state index in [0.29, 0.717) is 30.9 Å². The maximum absolute atomic E-state index is 12.3. The summed E-state index contributed by atoms with van der Waals surface area (Å²) < 4.78 is 5.36. The summed E-state index contributed by atoms with van der Waals surface area (Å²) in [6.07, 6.45) is 2.15. The van der Waals surface area contributed by atoms with Crippen molar-refractivity contribution in [3.63, 3.8) is 0 Å². The van der Waals surface area contributed by atoms with Crippen LogP contribution in [0.5, 0.6) is 0 Å². The van der Waals surface area contributed by atoms with Crippen molar-refractivity contribution in [3.05, 3.63) is 17.5 Å². The predicted octanol–water partition coefficient (Wildman–Crippen LogP) is 1.33. The molecule has 6 heteroatoms.